The molecule has 0 spiro atoms. The van der Waals surface area contributed by atoms with Crippen molar-refractivity contribution in [1.82, 2.24) is 0 Å². The number of carbonyl (C=O) groups is 1. The summed E-state index contributed by atoms with van der Waals surface area (Å²) in [6.07, 6.45) is 8.83. The van der Waals surface area contributed by atoms with Gasteiger partial charge in [0, 0.05) is 26.2 Å². The minimum atomic E-state index is -0.131. The predicted octanol–water partition coefficient (Wildman–Crippen LogP) is 3.36. The molecule has 2 rings (SSSR count). The SMILES string of the molecule is CCOC(C(=O)CC1CCOCC1)C1CCCCC1. The van der Waals surface area contributed by atoms with Gasteiger partial charge in [0.05, 0.1) is 0 Å². The van der Waals surface area contributed by atoms with E-state index in [-0.39, 0.29) is 6.10 Å². The third-order valence-corrected chi connectivity index (χ3v) is 4.57. The van der Waals surface area contributed by atoms with Gasteiger partial charge < -0.3 is 9.47 Å². The molecule has 1 saturated heterocycles. The molecule has 0 amide bonds. The van der Waals surface area contributed by atoms with Crippen LogP contribution in [0.4, 0.5) is 0 Å². The fraction of sp³-hybridized carbons (Fsp3) is 0.938. The lowest BCUT2D eigenvalue weighted by atomic mass is 9.81. The molecule has 0 radical (unpaired) electrons. The number of ether oxygens (including phenoxy) is 2. The number of ketones is 1. The lowest BCUT2D eigenvalue weighted by Crippen LogP contribution is -2.35. The van der Waals surface area contributed by atoms with E-state index in [1.165, 1.54) is 32.1 Å². The van der Waals surface area contributed by atoms with E-state index in [1.807, 2.05) is 6.92 Å². The smallest absolute Gasteiger partial charge is 0.162 e. The lowest BCUT2D eigenvalue weighted by molar-refractivity contribution is -0.136. The standard InChI is InChI=1S/C16H28O3/c1-2-19-16(14-6-4-3-5-7-14)15(17)12-13-8-10-18-11-9-13/h13-14,16H,2-12H2,1H3. The van der Waals surface area contributed by atoms with Gasteiger partial charge in [0.1, 0.15) is 6.10 Å². The van der Waals surface area contributed by atoms with Crippen LogP contribution in [0.15, 0.2) is 0 Å². The summed E-state index contributed by atoms with van der Waals surface area (Å²) in [6.45, 7) is 4.29. The van der Waals surface area contributed by atoms with E-state index < -0.39 is 0 Å². The molecule has 110 valence electrons. The Morgan fingerprint density at radius 1 is 1.16 bits per heavy atom. The van der Waals surface area contributed by atoms with E-state index >= 15 is 0 Å². The van der Waals surface area contributed by atoms with Crippen molar-refractivity contribution in [1.29, 1.82) is 0 Å². The van der Waals surface area contributed by atoms with E-state index in [0.717, 1.165) is 26.1 Å². The van der Waals surface area contributed by atoms with Crippen LogP contribution in [0.1, 0.15) is 58.3 Å². The lowest BCUT2D eigenvalue weighted by Gasteiger charge is -2.30. The van der Waals surface area contributed by atoms with Crippen LogP contribution in [0.2, 0.25) is 0 Å². The van der Waals surface area contributed by atoms with Crippen molar-refractivity contribution in [3.8, 4) is 0 Å². The van der Waals surface area contributed by atoms with Gasteiger partial charge in [-0.3, -0.25) is 4.79 Å². The van der Waals surface area contributed by atoms with Gasteiger partial charge in [-0.1, -0.05) is 19.3 Å². The van der Waals surface area contributed by atoms with Gasteiger partial charge in [0.2, 0.25) is 0 Å². The third kappa shape index (κ3) is 4.57. The minimum absolute atomic E-state index is 0.131. The van der Waals surface area contributed by atoms with Crippen molar-refractivity contribution in [2.24, 2.45) is 11.8 Å². The topological polar surface area (TPSA) is 35.5 Å². The zero-order chi connectivity index (χ0) is 13.5. The molecule has 0 aromatic rings. The molecule has 2 aliphatic rings. The summed E-state index contributed by atoms with van der Waals surface area (Å²) in [5.74, 6) is 1.34. The minimum Gasteiger partial charge on any atom is -0.381 e. The second-order valence-electron chi connectivity index (χ2n) is 6.00. The summed E-state index contributed by atoms with van der Waals surface area (Å²) in [7, 11) is 0. The van der Waals surface area contributed by atoms with E-state index in [4.69, 9.17) is 9.47 Å². The second kappa shape index (κ2) is 8.01. The average Bonchev–Trinajstić information content (AvgIpc) is 2.46. The average molecular weight is 268 g/mol. The van der Waals surface area contributed by atoms with Crippen molar-refractivity contribution in [2.75, 3.05) is 19.8 Å². The maximum Gasteiger partial charge on any atom is 0.162 e. The summed E-state index contributed by atoms with van der Waals surface area (Å²) in [4.78, 5) is 12.5. The maximum atomic E-state index is 12.5. The Morgan fingerprint density at radius 2 is 1.84 bits per heavy atom. The number of carbonyl (C=O) groups excluding carboxylic acids is 1. The Balaban J connectivity index is 1.87. The molecule has 3 nitrogen and oxygen atoms in total. The van der Waals surface area contributed by atoms with Crippen molar-refractivity contribution in [3.05, 3.63) is 0 Å². The second-order valence-corrected chi connectivity index (χ2v) is 6.00. The van der Waals surface area contributed by atoms with Gasteiger partial charge in [-0.05, 0) is 44.4 Å². The molecule has 0 bridgehead atoms. The van der Waals surface area contributed by atoms with Crippen LogP contribution in [0.3, 0.4) is 0 Å². The first-order valence-electron chi connectivity index (χ1n) is 8.03. The van der Waals surface area contributed by atoms with Gasteiger partial charge in [-0.15, -0.1) is 0 Å². The zero-order valence-corrected chi connectivity index (χ0v) is 12.2. The Labute approximate surface area is 117 Å². The van der Waals surface area contributed by atoms with Crippen LogP contribution in [0.25, 0.3) is 0 Å². The Bertz CT molecular complexity index is 265. The van der Waals surface area contributed by atoms with E-state index in [9.17, 15) is 4.79 Å². The number of rotatable bonds is 6. The van der Waals surface area contributed by atoms with Gasteiger partial charge in [-0.25, -0.2) is 0 Å². The Hall–Kier alpha value is -0.410. The molecular weight excluding hydrogens is 240 g/mol. The fourth-order valence-corrected chi connectivity index (χ4v) is 3.46. The summed E-state index contributed by atoms with van der Waals surface area (Å²) < 4.78 is 11.2. The number of hydrogen-bond acceptors (Lipinski definition) is 3. The van der Waals surface area contributed by atoms with Crippen molar-refractivity contribution < 1.29 is 14.3 Å². The van der Waals surface area contributed by atoms with E-state index in [1.54, 1.807) is 0 Å². The van der Waals surface area contributed by atoms with Crippen LogP contribution in [-0.4, -0.2) is 31.7 Å². The predicted molar refractivity (Wildman–Crippen MR) is 75.2 cm³/mol. The zero-order valence-electron chi connectivity index (χ0n) is 12.2. The normalized spacial score (nSPS) is 24.3. The quantitative estimate of drug-likeness (QED) is 0.741. The molecule has 1 aliphatic heterocycles. The van der Waals surface area contributed by atoms with Crippen LogP contribution >= 0.6 is 0 Å². The highest BCUT2D eigenvalue weighted by atomic mass is 16.5. The van der Waals surface area contributed by atoms with Crippen molar-refractivity contribution in [3.63, 3.8) is 0 Å². The highest BCUT2D eigenvalue weighted by molar-refractivity contribution is 5.83. The van der Waals surface area contributed by atoms with Crippen LogP contribution in [0.5, 0.6) is 0 Å². The summed E-state index contributed by atoms with van der Waals surface area (Å²) in [5.41, 5.74) is 0. The molecule has 2 fully saturated rings. The highest BCUT2D eigenvalue weighted by Crippen LogP contribution is 2.30. The first-order chi connectivity index (χ1) is 9.31. The third-order valence-electron chi connectivity index (χ3n) is 4.57. The summed E-state index contributed by atoms with van der Waals surface area (Å²) in [6, 6.07) is 0. The van der Waals surface area contributed by atoms with Gasteiger partial charge in [-0.2, -0.15) is 0 Å². The highest BCUT2D eigenvalue weighted by Gasteiger charge is 2.31. The molecule has 1 saturated carbocycles. The Kier molecular flexibility index (Phi) is 6.32. The van der Waals surface area contributed by atoms with Crippen molar-refractivity contribution in [2.45, 2.75) is 64.4 Å². The molecule has 0 aromatic heterocycles. The van der Waals surface area contributed by atoms with Crippen molar-refractivity contribution >= 4 is 5.78 Å². The maximum absolute atomic E-state index is 12.5. The largest absolute Gasteiger partial charge is 0.381 e. The van der Waals surface area contributed by atoms with E-state index in [0.29, 0.717) is 30.6 Å². The molecular formula is C16H28O3. The van der Waals surface area contributed by atoms with Crippen LogP contribution in [-0.2, 0) is 14.3 Å². The monoisotopic (exact) mass is 268 g/mol. The first kappa shape index (κ1) is 15.0. The Morgan fingerprint density at radius 3 is 2.47 bits per heavy atom. The molecule has 0 aromatic carbocycles. The summed E-state index contributed by atoms with van der Waals surface area (Å²) >= 11 is 0. The van der Waals surface area contributed by atoms with Gasteiger partial charge in [0.15, 0.2) is 5.78 Å². The van der Waals surface area contributed by atoms with Gasteiger partial charge in [0.25, 0.3) is 0 Å². The molecule has 19 heavy (non-hydrogen) atoms. The molecule has 0 N–H and O–H groups in total. The summed E-state index contributed by atoms with van der Waals surface area (Å²) in [5, 5.41) is 0. The molecule has 3 heteroatoms. The van der Waals surface area contributed by atoms with Crippen LogP contribution in [0, 0.1) is 11.8 Å². The molecule has 1 heterocycles. The number of hydrogen-bond donors (Lipinski definition) is 0. The first-order valence-corrected chi connectivity index (χ1v) is 8.03. The van der Waals surface area contributed by atoms with Crippen LogP contribution < -0.4 is 0 Å². The number of Topliss-reactive ketones (excluding diaryl/α,β-unsaturated/α-hetero) is 1. The van der Waals surface area contributed by atoms with Gasteiger partial charge >= 0.3 is 0 Å². The fourth-order valence-electron chi connectivity index (χ4n) is 3.46. The van der Waals surface area contributed by atoms with E-state index in [2.05, 4.69) is 0 Å². The molecule has 1 aliphatic carbocycles. The molecule has 1 atom stereocenters. The molecule has 1 unspecified atom stereocenters.